The van der Waals surface area contributed by atoms with Crippen LogP contribution in [0.4, 0.5) is 5.69 Å². The van der Waals surface area contributed by atoms with E-state index in [1.165, 1.54) is 0 Å². The SMILES string of the molecule is CC(C)Oc1ccccc1N1CCNC(=O)C1CN. The van der Waals surface area contributed by atoms with Crippen LogP contribution in [0.15, 0.2) is 24.3 Å². The number of carbonyl (C=O) groups is 1. The molecule has 104 valence electrons. The molecule has 1 aromatic carbocycles. The molecule has 1 atom stereocenters. The molecule has 1 aliphatic rings. The largest absolute Gasteiger partial charge is 0.489 e. The quantitative estimate of drug-likeness (QED) is 0.840. The maximum Gasteiger partial charge on any atom is 0.244 e. The van der Waals surface area contributed by atoms with E-state index in [1.807, 2.05) is 43.0 Å². The van der Waals surface area contributed by atoms with Crippen molar-refractivity contribution in [1.82, 2.24) is 5.32 Å². The summed E-state index contributed by atoms with van der Waals surface area (Å²) in [6, 6.07) is 7.45. The molecule has 1 aromatic rings. The van der Waals surface area contributed by atoms with Gasteiger partial charge in [-0.15, -0.1) is 0 Å². The topological polar surface area (TPSA) is 67.6 Å². The standard InChI is InChI=1S/C14H21N3O2/c1-10(2)19-13-6-4-3-5-11(13)17-8-7-16-14(18)12(17)9-15/h3-6,10,12H,7-9,15H2,1-2H3,(H,16,18). The summed E-state index contributed by atoms with van der Waals surface area (Å²) in [4.78, 5) is 13.9. The van der Waals surface area contributed by atoms with Crippen molar-refractivity contribution in [2.75, 3.05) is 24.5 Å². The molecular formula is C14H21N3O2. The van der Waals surface area contributed by atoms with Crippen molar-refractivity contribution in [2.24, 2.45) is 5.73 Å². The third kappa shape index (κ3) is 2.98. The normalized spacial score (nSPS) is 19.5. The predicted molar refractivity (Wildman–Crippen MR) is 75.4 cm³/mol. The number of amides is 1. The number of hydrogen-bond donors (Lipinski definition) is 2. The summed E-state index contributed by atoms with van der Waals surface area (Å²) in [5.41, 5.74) is 6.66. The van der Waals surface area contributed by atoms with Crippen molar-refractivity contribution in [3.05, 3.63) is 24.3 Å². The summed E-state index contributed by atoms with van der Waals surface area (Å²) < 4.78 is 5.81. The molecule has 1 aliphatic heterocycles. The Labute approximate surface area is 113 Å². The van der Waals surface area contributed by atoms with Crippen LogP contribution in [0.2, 0.25) is 0 Å². The Morgan fingerprint density at radius 1 is 1.47 bits per heavy atom. The summed E-state index contributed by atoms with van der Waals surface area (Å²) in [5, 5.41) is 2.84. The number of carbonyl (C=O) groups excluding carboxylic acids is 1. The van der Waals surface area contributed by atoms with E-state index in [0.29, 0.717) is 13.1 Å². The summed E-state index contributed by atoms with van der Waals surface area (Å²) in [6.45, 7) is 5.64. The van der Waals surface area contributed by atoms with Gasteiger partial charge < -0.3 is 20.7 Å². The summed E-state index contributed by atoms with van der Waals surface area (Å²) in [6.07, 6.45) is 0.0936. The zero-order valence-electron chi connectivity index (χ0n) is 11.4. The summed E-state index contributed by atoms with van der Waals surface area (Å²) in [5.74, 6) is 0.777. The van der Waals surface area contributed by atoms with Crippen molar-refractivity contribution in [3.63, 3.8) is 0 Å². The van der Waals surface area contributed by atoms with Gasteiger partial charge in [-0.25, -0.2) is 0 Å². The van der Waals surface area contributed by atoms with Gasteiger partial charge in [-0.2, -0.15) is 0 Å². The van der Waals surface area contributed by atoms with Crippen LogP contribution in [0, 0.1) is 0 Å². The Morgan fingerprint density at radius 2 is 2.21 bits per heavy atom. The number of hydrogen-bond acceptors (Lipinski definition) is 4. The van der Waals surface area contributed by atoms with Crippen LogP contribution < -0.4 is 20.7 Å². The van der Waals surface area contributed by atoms with Crippen LogP contribution in [0.5, 0.6) is 5.75 Å². The van der Waals surface area contributed by atoms with Gasteiger partial charge in [0, 0.05) is 19.6 Å². The molecule has 1 fully saturated rings. The van der Waals surface area contributed by atoms with Crippen LogP contribution >= 0.6 is 0 Å². The molecule has 0 spiro atoms. The monoisotopic (exact) mass is 263 g/mol. The van der Waals surface area contributed by atoms with E-state index in [-0.39, 0.29) is 18.1 Å². The van der Waals surface area contributed by atoms with Gasteiger partial charge in [0.15, 0.2) is 0 Å². The van der Waals surface area contributed by atoms with E-state index in [9.17, 15) is 4.79 Å². The lowest BCUT2D eigenvalue weighted by Gasteiger charge is -2.37. The molecule has 3 N–H and O–H groups in total. The molecule has 0 saturated carbocycles. The van der Waals surface area contributed by atoms with Gasteiger partial charge in [0.2, 0.25) is 5.91 Å². The minimum atomic E-state index is -0.328. The van der Waals surface area contributed by atoms with Crippen molar-refractivity contribution in [1.29, 1.82) is 0 Å². The first kappa shape index (κ1) is 13.7. The third-order valence-corrected chi connectivity index (χ3v) is 3.09. The average molecular weight is 263 g/mol. The first-order valence-corrected chi connectivity index (χ1v) is 6.63. The van der Waals surface area contributed by atoms with Gasteiger partial charge in [0.1, 0.15) is 11.8 Å². The molecule has 1 saturated heterocycles. The molecule has 0 aromatic heterocycles. The summed E-state index contributed by atoms with van der Waals surface area (Å²) >= 11 is 0. The first-order chi connectivity index (χ1) is 9.13. The Morgan fingerprint density at radius 3 is 2.89 bits per heavy atom. The molecule has 1 heterocycles. The van der Waals surface area contributed by atoms with E-state index in [2.05, 4.69) is 5.32 Å². The number of rotatable bonds is 4. The van der Waals surface area contributed by atoms with E-state index in [1.54, 1.807) is 0 Å². The zero-order chi connectivity index (χ0) is 13.8. The number of benzene rings is 1. The van der Waals surface area contributed by atoms with E-state index in [0.717, 1.165) is 18.0 Å². The van der Waals surface area contributed by atoms with Gasteiger partial charge in [0.25, 0.3) is 0 Å². The lowest BCUT2D eigenvalue weighted by atomic mass is 10.1. The second-order valence-corrected chi connectivity index (χ2v) is 4.87. The molecule has 0 radical (unpaired) electrons. The van der Waals surface area contributed by atoms with Gasteiger partial charge in [0.05, 0.1) is 11.8 Å². The Kier molecular flexibility index (Phi) is 4.27. The maximum absolute atomic E-state index is 11.9. The van der Waals surface area contributed by atoms with E-state index < -0.39 is 0 Å². The average Bonchev–Trinajstić information content (AvgIpc) is 2.38. The molecule has 1 unspecified atom stereocenters. The smallest absolute Gasteiger partial charge is 0.244 e. The number of nitrogens with two attached hydrogens (primary N) is 1. The first-order valence-electron chi connectivity index (χ1n) is 6.63. The van der Waals surface area contributed by atoms with Crippen LogP contribution in [0.1, 0.15) is 13.8 Å². The number of piperazine rings is 1. The molecule has 0 aliphatic carbocycles. The number of anilines is 1. The molecule has 2 rings (SSSR count). The number of para-hydroxylation sites is 2. The van der Waals surface area contributed by atoms with Crippen molar-refractivity contribution in [3.8, 4) is 5.75 Å². The number of nitrogens with one attached hydrogen (secondary N) is 1. The lowest BCUT2D eigenvalue weighted by molar-refractivity contribution is -0.123. The fraction of sp³-hybridized carbons (Fsp3) is 0.500. The zero-order valence-corrected chi connectivity index (χ0v) is 11.4. The van der Waals surface area contributed by atoms with Crippen LogP contribution in [-0.4, -0.2) is 37.7 Å². The van der Waals surface area contributed by atoms with Gasteiger partial charge in [-0.3, -0.25) is 4.79 Å². The maximum atomic E-state index is 11.9. The van der Waals surface area contributed by atoms with E-state index >= 15 is 0 Å². The molecule has 0 bridgehead atoms. The summed E-state index contributed by atoms with van der Waals surface area (Å²) in [7, 11) is 0. The van der Waals surface area contributed by atoms with Crippen molar-refractivity contribution < 1.29 is 9.53 Å². The van der Waals surface area contributed by atoms with Gasteiger partial charge in [-0.05, 0) is 26.0 Å². The number of ether oxygens (including phenoxy) is 1. The van der Waals surface area contributed by atoms with Crippen molar-refractivity contribution >= 4 is 11.6 Å². The molecule has 5 nitrogen and oxygen atoms in total. The molecule has 5 heteroatoms. The van der Waals surface area contributed by atoms with E-state index in [4.69, 9.17) is 10.5 Å². The molecule has 1 amide bonds. The lowest BCUT2D eigenvalue weighted by Crippen LogP contribution is -2.58. The van der Waals surface area contributed by atoms with Crippen LogP contribution in [0.3, 0.4) is 0 Å². The number of nitrogens with zero attached hydrogens (tertiary/aromatic N) is 1. The Bertz CT molecular complexity index is 448. The van der Waals surface area contributed by atoms with Gasteiger partial charge in [-0.1, -0.05) is 12.1 Å². The second kappa shape index (κ2) is 5.93. The highest BCUT2D eigenvalue weighted by atomic mass is 16.5. The highest BCUT2D eigenvalue weighted by molar-refractivity contribution is 5.87. The Balaban J connectivity index is 2.31. The van der Waals surface area contributed by atoms with Crippen LogP contribution in [-0.2, 0) is 4.79 Å². The third-order valence-electron chi connectivity index (χ3n) is 3.09. The molecule has 19 heavy (non-hydrogen) atoms. The highest BCUT2D eigenvalue weighted by Crippen LogP contribution is 2.30. The fourth-order valence-electron chi connectivity index (χ4n) is 2.29. The van der Waals surface area contributed by atoms with Gasteiger partial charge >= 0.3 is 0 Å². The minimum Gasteiger partial charge on any atom is -0.489 e. The fourth-order valence-corrected chi connectivity index (χ4v) is 2.29. The minimum absolute atomic E-state index is 0.0203. The molecular weight excluding hydrogens is 242 g/mol. The predicted octanol–water partition coefficient (Wildman–Crippen LogP) is 0.737. The Hall–Kier alpha value is -1.75. The van der Waals surface area contributed by atoms with Crippen LogP contribution in [0.25, 0.3) is 0 Å². The van der Waals surface area contributed by atoms with Crippen molar-refractivity contribution in [2.45, 2.75) is 26.0 Å². The highest BCUT2D eigenvalue weighted by Gasteiger charge is 2.30. The second-order valence-electron chi connectivity index (χ2n) is 4.87.